The number of hydrogen-bond acceptors (Lipinski definition) is 7. The maximum absolute atomic E-state index is 12.7. The van der Waals surface area contributed by atoms with E-state index < -0.39 is 41.8 Å². The van der Waals surface area contributed by atoms with Gasteiger partial charge in [-0.05, 0) is 36.4 Å². The third-order valence-electron chi connectivity index (χ3n) is 5.15. The van der Waals surface area contributed by atoms with Gasteiger partial charge in [-0.3, -0.25) is 0 Å². The van der Waals surface area contributed by atoms with Gasteiger partial charge < -0.3 is 18.9 Å². The van der Waals surface area contributed by atoms with E-state index in [0.717, 1.165) is 0 Å². The Hall–Kier alpha value is -3.68. The highest BCUT2D eigenvalue weighted by molar-refractivity contribution is 6.20. The summed E-state index contributed by atoms with van der Waals surface area (Å²) < 4.78 is 22.3. The maximum atomic E-state index is 12.7. The molecule has 1 fully saturated rings. The standard InChI is InChI=1S/C26H21ClO7/c27-23-22(34-26(30)19-14-8-3-9-15-19)21(33-25(29)18-12-6-2-7-13-18)20(32-23)16-31-24(28)17-10-4-1-5-11-17/h1-15,20-23H,16H2/t20-,21+,22+,23?/m1/s1. The number of hydrogen-bond donors (Lipinski definition) is 0. The zero-order chi connectivity index (χ0) is 23.9. The van der Waals surface area contributed by atoms with Gasteiger partial charge >= 0.3 is 17.9 Å². The Morgan fingerprint density at radius 3 is 1.53 bits per heavy atom. The molecule has 0 amide bonds. The Kier molecular flexibility index (Phi) is 7.57. The zero-order valence-corrected chi connectivity index (χ0v) is 18.7. The molecule has 0 N–H and O–H groups in total. The van der Waals surface area contributed by atoms with Crippen LogP contribution in [0.5, 0.6) is 0 Å². The molecule has 4 rings (SSSR count). The number of esters is 3. The highest BCUT2D eigenvalue weighted by atomic mass is 35.5. The lowest BCUT2D eigenvalue weighted by atomic mass is 10.1. The van der Waals surface area contributed by atoms with Crippen molar-refractivity contribution in [3.8, 4) is 0 Å². The van der Waals surface area contributed by atoms with E-state index in [1.165, 1.54) is 0 Å². The van der Waals surface area contributed by atoms with Gasteiger partial charge in [0.15, 0.2) is 17.8 Å². The summed E-state index contributed by atoms with van der Waals surface area (Å²) in [6, 6.07) is 25.1. The monoisotopic (exact) mass is 480 g/mol. The molecule has 0 bridgehead atoms. The highest BCUT2D eigenvalue weighted by Gasteiger charge is 2.49. The van der Waals surface area contributed by atoms with Crippen LogP contribution < -0.4 is 0 Å². The van der Waals surface area contributed by atoms with Crippen molar-refractivity contribution in [3.63, 3.8) is 0 Å². The first kappa shape index (κ1) is 23.5. The van der Waals surface area contributed by atoms with Crippen molar-refractivity contribution >= 4 is 29.5 Å². The van der Waals surface area contributed by atoms with E-state index in [2.05, 4.69) is 0 Å². The Balaban J connectivity index is 1.51. The lowest BCUT2D eigenvalue weighted by molar-refractivity contribution is -0.0435. The second-order valence-electron chi connectivity index (χ2n) is 7.46. The van der Waals surface area contributed by atoms with Crippen molar-refractivity contribution in [2.24, 2.45) is 0 Å². The van der Waals surface area contributed by atoms with E-state index >= 15 is 0 Å². The van der Waals surface area contributed by atoms with E-state index in [1.807, 2.05) is 0 Å². The van der Waals surface area contributed by atoms with E-state index in [9.17, 15) is 14.4 Å². The molecule has 1 saturated heterocycles. The molecule has 7 nitrogen and oxygen atoms in total. The van der Waals surface area contributed by atoms with Crippen LogP contribution in [0.25, 0.3) is 0 Å². The van der Waals surface area contributed by atoms with Gasteiger partial charge in [-0.25, -0.2) is 14.4 Å². The summed E-state index contributed by atoms with van der Waals surface area (Å²) in [4.78, 5) is 37.8. The van der Waals surface area contributed by atoms with Gasteiger partial charge in [0.25, 0.3) is 0 Å². The van der Waals surface area contributed by atoms with Crippen molar-refractivity contribution in [3.05, 3.63) is 108 Å². The van der Waals surface area contributed by atoms with Gasteiger partial charge in [0.2, 0.25) is 0 Å². The van der Waals surface area contributed by atoms with Gasteiger partial charge in [-0.1, -0.05) is 66.2 Å². The average Bonchev–Trinajstić information content (AvgIpc) is 3.17. The third kappa shape index (κ3) is 5.62. The molecule has 1 aliphatic rings. The van der Waals surface area contributed by atoms with Crippen LogP contribution in [-0.2, 0) is 18.9 Å². The summed E-state index contributed by atoms with van der Waals surface area (Å²) in [5.74, 6) is -1.88. The first-order chi connectivity index (χ1) is 16.5. The van der Waals surface area contributed by atoms with Crippen molar-refractivity contribution in [1.82, 2.24) is 0 Å². The van der Waals surface area contributed by atoms with Gasteiger partial charge in [0, 0.05) is 0 Å². The molecule has 3 aromatic rings. The number of benzene rings is 3. The van der Waals surface area contributed by atoms with Crippen LogP contribution in [0.4, 0.5) is 0 Å². The molecule has 0 radical (unpaired) electrons. The Labute approximate surface area is 201 Å². The number of halogens is 1. The van der Waals surface area contributed by atoms with Gasteiger partial charge in [0.1, 0.15) is 12.7 Å². The van der Waals surface area contributed by atoms with Crippen LogP contribution in [-0.4, -0.2) is 48.4 Å². The minimum Gasteiger partial charge on any atom is -0.459 e. The maximum Gasteiger partial charge on any atom is 0.338 e. The zero-order valence-electron chi connectivity index (χ0n) is 17.9. The van der Waals surface area contributed by atoms with Crippen LogP contribution in [0.15, 0.2) is 91.0 Å². The molecule has 0 aliphatic carbocycles. The molecule has 34 heavy (non-hydrogen) atoms. The van der Waals surface area contributed by atoms with Crippen LogP contribution in [0.2, 0.25) is 0 Å². The normalized spacial score (nSPS) is 21.4. The number of ether oxygens (including phenoxy) is 4. The molecule has 3 aromatic carbocycles. The second-order valence-corrected chi connectivity index (χ2v) is 7.89. The minimum atomic E-state index is -1.12. The van der Waals surface area contributed by atoms with E-state index in [1.54, 1.807) is 91.0 Å². The fourth-order valence-electron chi connectivity index (χ4n) is 3.43. The van der Waals surface area contributed by atoms with E-state index in [4.69, 9.17) is 30.5 Å². The average molecular weight is 481 g/mol. The summed E-state index contributed by atoms with van der Waals surface area (Å²) in [6.45, 7) is -0.261. The molecule has 1 aliphatic heterocycles. The number of alkyl halides is 1. The fraction of sp³-hybridized carbons (Fsp3) is 0.192. The predicted molar refractivity (Wildman–Crippen MR) is 123 cm³/mol. The molecular formula is C26H21ClO7. The van der Waals surface area contributed by atoms with Crippen LogP contribution in [0, 0.1) is 0 Å². The first-order valence-electron chi connectivity index (χ1n) is 10.6. The van der Waals surface area contributed by atoms with Crippen molar-refractivity contribution in [1.29, 1.82) is 0 Å². The van der Waals surface area contributed by atoms with Gasteiger partial charge in [-0.15, -0.1) is 0 Å². The summed E-state index contributed by atoms with van der Waals surface area (Å²) in [6.07, 6.45) is -3.18. The summed E-state index contributed by atoms with van der Waals surface area (Å²) in [5.41, 5.74) is -0.165. The summed E-state index contributed by atoms with van der Waals surface area (Å²) in [5, 5.41) is 0. The Morgan fingerprint density at radius 2 is 1.06 bits per heavy atom. The number of carbonyl (C=O) groups excluding carboxylic acids is 3. The molecule has 4 atom stereocenters. The van der Waals surface area contributed by atoms with Crippen LogP contribution in [0.1, 0.15) is 31.1 Å². The highest BCUT2D eigenvalue weighted by Crippen LogP contribution is 2.31. The van der Waals surface area contributed by atoms with Crippen molar-refractivity contribution in [2.45, 2.75) is 23.9 Å². The lowest BCUT2D eigenvalue weighted by Gasteiger charge is -2.23. The van der Waals surface area contributed by atoms with Crippen molar-refractivity contribution < 1.29 is 33.3 Å². The number of rotatable bonds is 7. The molecule has 0 aromatic heterocycles. The topological polar surface area (TPSA) is 88.1 Å². The van der Waals surface area contributed by atoms with Crippen LogP contribution >= 0.6 is 11.6 Å². The third-order valence-corrected chi connectivity index (χ3v) is 5.50. The van der Waals surface area contributed by atoms with Crippen LogP contribution in [0.3, 0.4) is 0 Å². The van der Waals surface area contributed by atoms with E-state index in [-0.39, 0.29) is 6.61 Å². The largest absolute Gasteiger partial charge is 0.459 e. The predicted octanol–water partition coefficient (Wildman–Crippen LogP) is 4.26. The fourth-order valence-corrected chi connectivity index (χ4v) is 3.75. The quantitative estimate of drug-likeness (QED) is 0.283. The lowest BCUT2D eigenvalue weighted by Crippen LogP contribution is -2.41. The Bertz CT molecular complexity index is 1120. The smallest absolute Gasteiger partial charge is 0.338 e. The first-order valence-corrected chi connectivity index (χ1v) is 11.0. The summed E-state index contributed by atoms with van der Waals surface area (Å²) in [7, 11) is 0. The Morgan fingerprint density at radius 1 is 0.647 bits per heavy atom. The molecule has 0 spiro atoms. The van der Waals surface area contributed by atoms with E-state index in [0.29, 0.717) is 16.7 Å². The second kappa shape index (κ2) is 11.0. The molecule has 0 saturated carbocycles. The SMILES string of the molecule is O=C(OC[C@H]1OC(Cl)[C@@H](OC(=O)c2ccccc2)[C@H]1OC(=O)c1ccccc1)c1ccccc1. The molecule has 1 unspecified atom stereocenters. The minimum absolute atomic E-state index is 0.261. The van der Waals surface area contributed by atoms with Gasteiger partial charge in [-0.2, -0.15) is 0 Å². The number of carbonyl (C=O) groups is 3. The molecule has 1 heterocycles. The van der Waals surface area contributed by atoms with Gasteiger partial charge in [0.05, 0.1) is 16.7 Å². The van der Waals surface area contributed by atoms with Crippen molar-refractivity contribution in [2.75, 3.05) is 6.61 Å². The molecule has 8 heteroatoms. The molecular weight excluding hydrogens is 460 g/mol. The summed E-state index contributed by atoms with van der Waals surface area (Å²) >= 11 is 6.33. The molecule has 174 valence electrons.